The van der Waals surface area contributed by atoms with E-state index in [1.807, 2.05) is 0 Å². The summed E-state index contributed by atoms with van der Waals surface area (Å²) in [6.45, 7) is 4.75. The minimum absolute atomic E-state index is 0. The molecule has 166 valence electrons. The van der Waals surface area contributed by atoms with Crippen LogP contribution in [0.2, 0.25) is 0 Å². The predicted octanol–water partition coefficient (Wildman–Crippen LogP) is 8.48. The van der Waals surface area contributed by atoms with E-state index in [0.717, 1.165) is 11.0 Å². The van der Waals surface area contributed by atoms with Crippen molar-refractivity contribution in [1.82, 2.24) is 6.15 Å². The fourth-order valence-corrected chi connectivity index (χ4v) is 3.89. The van der Waals surface area contributed by atoms with E-state index in [1.54, 1.807) is 0 Å². The number of hydrogen-bond donors (Lipinski definition) is 1. The molecule has 0 aromatic heterocycles. The number of rotatable bonds is 17. The lowest BCUT2D eigenvalue weighted by Crippen LogP contribution is -2.39. The Hall–Kier alpha value is -0.380. The second-order valence-corrected chi connectivity index (χ2v) is 8.90. The number of nitrogens with zero attached hydrogens (tertiary/aromatic N) is 1. The van der Waals surface area contributed by atoms with Gasteiger partial charge in [0.05, 0.1) is 20.6 Å². The summed E-state index contributed by atoms with van der Waals surface area (Å²) in [6.07, 6.45) is 20.2. The number of unbranched alkanes of at least 4 members (excludes halogenated alkanes) is 13. The van der Waals surface area contributed by atoms with E-state index in [9.17, 15) is 0 Å². The van der Waals surface area contributed by atoms with E-state index >= 15 is 0 Å². The largest absolute Gasteiger partial charge is 0.344 e. The third-order valence-electron chi connectivity index (χ3n) is 5.57. The lowest BCUT2D eigenvalue weighted by molar-refractivity contribution is -0.903. The fourth-order valence-electron chi connectivity index (χ4n) is 3.89. The van der Waals surface area contributed by atoms with Crippen molar-refractivity contribution in [3.8, 4) is 0 Å². The summed E-state index contributed by atoms with van der Waals surface area (Å²) < 4.78 is 1.11. The Morgan fingerprint density at radius 2 is 1.00 bits per heavy atom. The van der Waals surface area contributed by atoms with Gasteiger partial charge in [0.1, 0.15) is 6.54 Å². The molecular weight excluding hydrogens is 408 g/mol. The van der Waals surface area contributed by atoms with E-state index in [1.165, 1.54) is 102 Å². The minimum Gasteiger partial charge on any atom is -0.344 e. The summed E-state index contributed by atoms with van der Waals surface area (Å²) in [5, 5.41) is 0. The highest BCUT2D eigenvalue weighted by molar-refractivity contribution is 8.93. The monoisotopic (exact) mass is 457 g/mol. The molecule has 0 amide bonds. The van der Waals surface area contributed by atoms with Crippen molar-refractivity contribution in [3.63, 3.8) is 0 Å². The maximum Gasteiger partial charge on any atom is 0.104 e. The summed E-state index contributed by atoms with van der Waals surface area (Å²) in [7, 11) is 4.74. The second kappa shape index (κ2) is 19.9. The normalized spacial score (nSPS) is 11.0. The van der Waals surface area contributed by atoms with Crippen LogP contribution in [0.5, 0.6) is 0 Å². The smallest absolute Gasteiger partial charge is 0.104 e. The quantitative estimate of drug-likeness (QED) is 0.184. The zero-order valence-electron chi connectivity index (χ0n) is 19.3. The molecule has 0 aliphatic heterocycles. The first-order valence-electron chi connectivity index (χ1n) is 11.5. The second-order valence-electron chi connectivity index (χ2n) is 8.90. The van der Waals surface area contributed by atoms with Crippen LogP contribution < -0.4 is 6.15 Å². The molecule has 0 heterocycles. The Labute approximate surface area is 187 Å². The molecule has 28 heavy (non-hydrogen) atoms. The van der Waals surface area contributed by atoms with Gasteiger partial charge in [-0.05, 0) is 12.8 Å². The Morgan fingerprint density at radius 1 is 0.607 bits per heavy atom. The molecule has 0 aliphatic carbocycles. The van der Waals surface area contributed by atoms with Gasteiger partial charge in [-0.1, -0.05) is 114 Å². The topological polar surface area (TPSA) is 35.0 Å². The van der Waals surface area contributed by atoms with Gasteiger partial charge in [0, 0.05) is 5.56 Å². The zero-order valence-corrected chi connectivity index (χ0v) is 21.0. The number of quaternary nitrogens is 1. The van der Waals surface area contributed by atoms with Crippen molar-refractivity contribution in [2.24, 2.45) is 0 Å². The van der Waals surface area contributed by atoms with Crippen molar-refractivity contribution in [1.29, 1.82) is 0 Å². The molecule has 2 nitrogen and oxygen atoms in total. The lowest BCUT2D eigenvalue weighted by Gasteiger charge is -2.30. The molecule has 0 radical (unpaired) electrons. The van der Waals surface area contributed by atoms with Gasteiger partial charge >= 0.3 is 0 Å². The number of benzene rings is 1. The Bertz CT molecular complexity index is 420. The van der Waals surface area contributed by atoms with Gasteiger partial charge in [0.15, 0.2) is 0 Å². The lowest BCUT2D eigenvalue weighted by atomic mass is 10.0. The summed E-state index contributed by atoms with van der Waals surface area (Å²) in [5.41, 5.74) is 1.46. The highest BCUT2D eigenvalue weighted by atomic mass is 79.9. The third-order valence-corrected chi connectivity index (χ3v) is 5.57. The maximum absolute atomic E-state index is 2.37. The van der Waals surface area contributed by atoms with Gasteiger partial charge < -0.3 is 10.6 Å². The Morgan fingerprint density at radius 3 is 1.43 bits per heavy atom. The number of halogens is 1. The van der Waals surface area contributed by atoms with Crippen molar-refractivity contribution in [2.75, 3.05) is 20.6 Å². The van der Waals surface area contributed by atoms with Crippen LogP contribution in [0.25, 0.3) is 0 Å². The van der Waals surface area contributed by atoms with E-state index < -0.39 is 0 Å². The highest BCUT2D eigenvalue weighted by Gasteiger charge is 2.14. The van der Waals surface area contributed by atoms with E-state index in [4.69, 9.17) is 0 Å². The van der Waals surface area contributed by atoms with Crippen molar-refractivity contribution < 1.29 is 4.48 Å². The summed E-state index contributed by atoms with van der Waals surface area (Å²) in [5.74, 6) is 0. The van der Waals surface area contributed by atoms with Gasteiger partial charge in [-0.2, -0.15) is 0 Å². The van der Waals surface area contributed by atoms with Crippen LogP contribution in [0.1, 0.15) is 102 Å². The van der Waals surface area contributed by atoms with Crippen LogP contribution in [0.4, 0.5) is 0 Å². The van der Waals surface area contributed by atoms with Crippen LogP contribution in [-0.2, 0) is 6.54 Å². The summed E-state index contributed by atoms with van der Waals surface area (Å²) in [4.78, 5) is 0. The molecule has 1 aromatic carbocycles. The van der Waals surface area contributed by atoms with E-state index in [-0.39, 0.29) is 23.1 Å². The molecule has 0 saturated heterocycles. The summed E-state index contributed by atoms with van der Waals surface area (Å²) >= 11 is 0. The highest BCUT2D eigenvalue weighted by Crippen LogP contribution is 2.14. The third kappa shape index (κ3) is 17.7. The van der Waals surface area contributed by atoms with Crippen molar-refractivity contribution >= 4 is 17.0 Å². The maximum atomic E-state index is 2.37. The molecule has 0 fully saturated rings. The summed E-state index contributed by atoms with van der Waals surface area (Å²) in [6, 6.07) is 10.9. The molecule has 0 atom stereocenters. The standard InChI is InChI=1S/C25H46N.BrH.H3N/c1-4-5-6-7-8-9-10-11-12-13-14-15-16-20-23-26(2,3)24-25-21-18-17-19-22-25;;/h17-19,21-22H,4-16,20,23-24H2,1-3H3;1H;1H3/q+1;;. The molecule has 1 rings (SSSR count). The zero-order chi connectivity index (χ0) is 18.9. The fraction of sp³-hybridized carbons (Fsp3) is 0.760. The van der Waals surface area contributed by atoms with Crippen LogP contribution in [0.15, 0.2) is 30.3 Å². The van der Waals surface area contributed by atoms with E-state index in [0.29, 0.717) is 0 Å². The van der Waals surface area contributed by atoms with Gasteiger partial charge in [-0.15, -0.1) is 17.0 Å². The van der Waals surface area contributed by atoms with Gasteiger partial charge in [0.25, 0.3) is 0 Å². The molecule has 0 bridgehead atoms. The van der Waals surface area contributed by atoms with Gasteiger partial charge in [-0.3, -0.25) is 0 Å². The van der Waals surface area contributed by atoms with Crippen molar-refractivity contribution in [2.45, 2.75) is 103 Å². The molecule has 3 heteroatoms. The SMILES string of the molecule is Br.CCCCCCCCCCCCCCCC[N+](C)(C)Cc1ccccc1.N. The Kier molecular flexibility index (Phi) is 21.2. The first-order chi connectivity index (χ1) is 12.6. The molecule has 3 N–H and O–H groups in total. The van der Waals surface area contributed by atoms with Gasteiger partial charge in [-0.25, -0.2) is 0 Å². The predicted molar refractivity (Wildman–Crippen MR) is 133 cm³/mol. The van der Waals surface area contributed by atoms with Crippen LogP contribution >= 0.6 is 17.0 Å². The minimum atomic E-state index is 0. The van der Waals surface area contributed by atoms with Crippen molar-refractivity contribution in [3.05, 3.63) is 35.9 Å². The molecule has 1 aromatic rings. The molecule has 0 unspecified atom stereocenters. The first kappa shape index (κ1) is 29.8. The van der Waals surface area contributed by atoms with Crippen LogP contribution in [0.3, 0.4) is 0 Å². The molecule has 0 saturated carbocycles. The average Bonchev–Trinajstić information content (AvgIpc) is 2.62. The Balaban J connectivity index is 0. The van der Waals surface area contributed by atoms with E-state index in [2.05, 4.69) is 51.4 Å². The molecule has 0 spiro atoms. The molecule has 0 aliphatic rings. The van der Waals surface area contributed by atoms with Crippen LogP contribution in [0, 0.1) is 0 Å². The average molecular weight is 459 g/mol. The van der Waals surface area contributed by atoms with Crippen LogP contribution in [-0.4, -0.2) is 25.1 Å². The number of hydrogen-bond acceptors (Lipinski definition) is 1. The van der Waals surface area contributed by atoms with Gasteiger partial charge in [0.2, 0.25) is 0 Å². The first-order valence-corrected chi connectivity index (χ1v) is 11.5. The molecular formula is C25H50BrN2+.